The monoisotopic (exact) mass is 494 g/mol. The van der Waals surface area contributed by atoms with Crippen LogP contribution in [0, 0.1) is 17.3 Å². The highest BCUT2D eigenvalue weighted by Crippen LogP contribution is 2.43. The first-order valence-electron chi connectivity index (χ1n) is 13.7. The SMILES string of the molecule is CC1ONC(C2CCCCC2)C1C1NNC(COC(=O)C2(CC(=O)N3CCOCC3)CCCC2)O1. The Kier molecular flexibility index (Phi) is 8.25. The lowest BCUT2D eigenvalue weighted by Gasteiger charge is -2.33. The van der Waals surface area contributed by atoms with Gasteiger partial charge in [-0.3, -0.25) is 14.4 Å². The first-order chi connectivity index (χ1) is 17.1. The number of esters is 1. The van der Waals surface area contributed by atoms with E-state index in [-0.39, 0.29) is 49.2 Å². The van der Waals surface area contributed by atoms with Crippen LogP contribution in [0.1, 0.15) is 71.1 Å². The zero-order chi connectivity index (χ0) is 24.3. The second-order valence-electron chi connectivity index (χ2n) is 11.0. The second-order valence-corrected chi connectivity index (χ2v) is 11.0. The maximum Gasteiger partial charge on any atom is 0.312 e. The molecule has 0 bridgehead atoms. The maximum absolute atomic E-state index is 13.2. The van der Waals surface area contributed by atoms with Crippen molar-refractivity contribution in [2.24, 2.45) is 17.3 Å². The molecule has 5 unspecified atom stereocenters. The molecule has 5 atom stereocenters. The van der Waals surface area contributed by atoms with Crippen LogP contribution in [0.4, 0.5) is 0 Å². The van der Waals surface area contributed by atoms with Crippen LogP contribution in [0.3, 0.4) is 0 Å². The molecule has 2 saturated carbocycles. The zero-order valence-corrected chi connectivity index (χ0v) is 21.0. The summed E-state index contributed by atoms with van der Waals surface area (Å²) in [7, 11) is 0. The summed E-state index contributed by atoms with van der Waals surface area (Å²) in [6, 6.07) is 0.249. The van der Waals surface area contributed by atoms with Gasteiger partial charge < -0.3 is 19.1 Å². The van der Waals surface area contributed by atoms with Gasteiger partial charge in [-0.15, -0.1) is 0 Å². The molecule has 5 aliphatic rings. The summed E-state index contributed by atoms with van der Waals surface area (Å²) in [5.41, 5.74) is 8.99. The van der Waals surface area contributed by atoms with E-state index < -0.39 is 11.6 Å². The number of carbonyl (C=O) groups excluding carboxylic acids is 2. The van der Waals surface area contributed by atoms with Crippen molar-refractivity contribution < 1.29 is 28.6 Å². The first-order valence-corrected chi connectivity index (χ1v) is 13.7. The number of hydrogen-bond acceptors (Lipinski definition) is 9. The smallest absolute Gasteiger partial charge is 0.312 e. The molecule has 0 aromatic rings. The average Bonchev–Trinajstić information content (AvgIpc) is 3.64. The van der Waals surface area contributed by atoms with Crippen LogP contribution in [-0.2, 0) is 28.6 Å². The molecule has 35 heavy (non-hydrogen) atoms. The molecular weight excluding hydrogens is 452 g/mol. The molecule has 0 spiro atoms. The van der Waals surface area contributed by atoms with Gasteiger partial charge in [0.2, 0.25) is 5.91 Å². The van der Waals surface area contributed by atoms with E-state index in [0.717, 1.165) is 12.8 Å². The molecule has 10 heteroatoms. The zero-order valence-electron chi connectivity index (χ0n) is 21.0. The highest BCUT2D eigenvalue weighted by atomic mass is 16.7. The number of ether oxygens (including phenoxy) is 3. The molecule has 5 fully saturated rings. The van der Waals surface area contributed by atoms with E-state index in [9.17, 15) is 9.59 Å². The number of nitrogens with one attached hydrogen (secondary N) is 3. The molecular formula is C25H42N4O6. The number of amides is 1. The van der Waals surface area contributed by atoms with Gasteiger partial charge >= 0.3 is 5.97 Å². The summed E-state index contributed by atoms with van der Waals surface area (Å²) in [6.07, 6.45) is 9.19. The van der Waals surface area contributed by atoms with Crippen molar-refractivity contribution in [1.82, 2.24) is 21.2 Å². The van der Waals surface area contributed by atoms with Crippen LogP contribution >= 0.6 is 0 Å². The molecule has 3 aliphatic heterocycles. The summed E-state index contributed by atoms with van der Waals surface area (Å²) in [5, 5.41) is 0. The normalized spacial score (nSPS) is 35.9. The summed E-state index contributed by atoms with van der Waals surface area (Å²) in [4.78, 5) is 33.8. The van der Waals surface area contributed by atoms with Gasteiger partial charge in [-0.2, -0.15) is 5.48 Å². The van der Waals surface area contributed by atoms with Crippen molar-refractivity contribution in [3.8, 4) is 0 Å². The van der Waals surface area contributed by atoms with Crippen molar-refractivity contribution >= 4 is 11.9 Å². The lowest BCUT2D eigenvalue weighted by atomic mass is 9.77. The van der Waals surface area contributed by atoms with Crippen molar-refractivity contribution in [2.45, 2.75) is 95.7 Å². The van der Waals surface area contributed by atoms with E-state index in [1.54, 1.807) is 0 Å². The first kappa shape index (κ1) is 25.4. The van der Waals surface area contributed by atoms with Crippen LogP contribution in [0.5, 0.6) is 0 Å². The molecule has 1 amide bonds. The molecule has 0 aromatic heterocycles. The van der Waals surface area contributed by atoms with Gasteiger partial charge in [0.1, 0.15) is 12.8 Å². The molecule has 3 N–H and O–H groups in total. The van der Waals surface area contributed by atoms with Crippen LogP contribution < -0.4 is 16.3 Å². The van der Waals surface area contributed by atoms with Crippen LogP contribution in [0.2, 0.25) is 0 Å². The number of nitrogens with zero attached hydrogens (tertiary/aromatic N) is 1. The Balaban J connectivity index is 1.13. The van der Waals surface area contributed by atoms with E-state index >= 15 is 0 Å². The quantitative estimate of drug-likeness (QED) is 0.455. The number of hydroxylamine groups is 1. The van der Waals surface area contributed by atoms with Gasteiger partial charge in [-0.1, -0.05) is 32.1 Å². The number of carbonyl (C=O) groups is 2. The van der Waals surface area contributed by atoms with Gasteiger partial charge in [0, 0.05) is 31.5 Å². The molecule has 3 heterocycles. The van der Waals surface area contributed by atoms with Crippen LogP contribution in [-0.4, -0.2) is 74.3 Å². The van der Waals surface area contributed by atoms with E-state index in [1.165, 1.54) is 32.1 Å². The molecule has 0 aromatic carbocycles. The molecule has 198 valence electrons. The lowest BCUT2D eigenvalue weighted by Crippen LogP contribution is -2.47. The second kappa shape index (κ2) is 11.4. The van der Waals surface area contributed by atoms with Crippen LogP contribution in [0.15, 0.2) is 0 Å². The highest BCUT2D eigenvalue weighted by molar-refractivity contribution is 5.86. The highest BCUT2D eigenvalue weighted by Gasteiger charge is 2.48. The number of hydrogen-bond donors (Lipinski definition) is 3. The van der Waals surface area contributed by atoms with Crippen LogP contribution in [0.25, 0.3) is 0 Å². The minimum absolute atomic E-state index is 0.0236. The Morgan fingerprint density at radius 2 is 1.77 bits per heavy atom. The van der Waals surface area contributed by atoms with Gasteiger partial charge in [0.15, 0.2) is 6.23 Å². The van der Waals surface area contributed by atoms with Gasteiger partial charge in [-0.25, -0.2) is 10.9 Å². The molecule has 5 rings (SSSR count). The standard InChI is InChI=1S/C25H42N4O6/c1-17-21(22(28-35-17)18-7-3-2-4-8-18)23-27-26-19(34-23)16-33-24(31)25(9-5-6-10-25)15-20(30)29-11-13-32-14-12-29/h17-19,21-23,26-28H,2-16H2,1H3. The largest absolute Gasteiger partial charge is 0.461 e. The van der Waals surface area contributed by atoms with Crippen molar-refractivity contribution in [3.63, 3.8) is 0 Å². The number of rotatable bonds is 7. The van der Waals surface area contributed by atoms with E-state index in [0.29, 0.717) is 45.1 Å². The average molecular weight is 495 g/mol. The van der Waals surface area contributed by atoms with E-state index in [1.807, 2.05) is 4.90 Å². The third-order valence-corrected chi connectivity index (χ3v) is 8.76. The molecule has 3 saturated heterocycles. The molecule has 2 aliphatic carbocycles. The fourth-order valence-corrected chi connectivity index (χ4v) is 6.68. The van der Waals surface area contributed by atoms with Crippen molar-refractivity contribution in [2.75, 3.05) is 32.9 Å². The Morgan fingerprint density at radius 3 is 2.51 bits per heavy atom. The molecule has 10 nitrogen and oxygen atoms in total. The Hall–Kier alpha value is -1.30. The summed E-state index contributed by atoms with van der Waals surface area (Å²) in [6.45, 7) is 4.49. The molecule has 0 radical (unpaired) electrons. The van der Waals surface area contributed by atoms with Crippen molar-refractivity contribution in [3.05, 3.63) is 0 Å². The predicted octanol–water partition coefficient (Wildman–Crippen LogP) is 1.60. The summed E-state index contributed by atoms with van der Waals surface area (Å²) < 4.78 is 17.4. The third-order valence-electron chi connectivity index (χ3n) is 8.76. The van der Waals surface area contributed by atoms with E-state index in [2.05, 4.69) is 23.3 Å². The van der Waals surface area contributed by atoms with Gasteiger partial charge in [-0.05, 0) is 38.5 Å². The van der Waals surface area contributed by atoms with Gasteiger partial charge in [0.05, 0.1) is 24.7 Å². The van der Waals surface area contributed by atoms with Gasteiger partial charge in [0.25, 0.3) is 0 Å². The van der Waals surface area contributed by atoms with Crippen molar-refractivity contribution in [1.29, 1.82) is 0 Å². The Morgan fingerprint density at radius 1 is 1.03 bits per heavy atom. The number of morpholine rings is 1. The lowest BCUT2D eigenvalue weighted by molar-refractivity contribution is -0.164. The fraction of sp³-hybridized carbons (Fsp3) is 0.920. The Labute approximate surface area is 208 Å². The Bertz CT molecular complexity index is 735. The third kappa shape index (κ3) is 5.67. The summed E-state index contributed by atoms with van der Waals surface area (Å²) >= 11 is 0. The fourth-order valence-electron chi connectivity index (χ4n) is 6.68. The topological polar surface area (TPSA) is 110 Å². The minimum Gasteiger partial charge on any atom is -0.461 e. The predicted molar refractivity (Wildman–Crippen MR) is 126 cm³/mol. The maximum atomic E-state index is 13.2. The number of hydrazine groups is 1. The minimum atomic E-state index is -0.718. The van der Waals surface area contributed by atoms with E-state index in [4.69, 9.17) is 19.0 Å². The summed E-state index contributed by atoms with van der Waals surface area (Å²) in [5.74, 6) is 0.510.